The summed E-state index contributed by atoms with van der Waals surface area (Å²) in [6.45, 7) is 0. The number of fused-ring (bicyclic) bond motifs is 3. The third-order valence-corrected chi connectivity index (χ3v) is 7.02. The van der Waals surface area contributed by atoms with Gasteiger partial charge in [0, 0.05) is 29.0 Å². The van der Waals surface area contributed by atoms with E-state index in [0.717, 1.165) is 46.9 Å². The number of hydrogen-bond acceptors (Lipinski definition) is 7. The molecule has 1 amide bonds. The van der Waals surface area contributed by atoms with Crippen LogP contribution in [-0.2, 0) is 17.6 Å². The first-order chi connectivity index (χ1) is 15.7. The van der Waals surface area contributed by atoms with Gasteiger partial charge in [0.2, 0.25) is 5.91 Å². The van der Waals surface area contributed by atoms with E-state index in [1.807, 2.05) is 36.4 Å². The lowest BCUT2D eigenvalue weighted by Crippen LogP contribution is -2.30. The highest BCUT2D eigenvalue weighted by molar-refractivity contribution is 7.99. The zero-order valence-electron chi connectivity index (χ0n) is 17.1. The first-order valence-corrected chi connectivity index (χ1v) is 11.5. The average Bonchev–Trinajstić information content (AvgIpc) is 3.54. The second-order valence-electron chi connectivity index (χ2n) is 8.00. The molecular formula is C22H19N7O2S. The summed E-state index contributed by atoms with van der Waals surface area (Å²) in [4.78, 5) is 30.3. The van der Waals surface area contributed by atoms with E-state index in [9.17, 15) is 9.59 Å². The summed E-state index contributed by atoms with van der Waals surface area (Å²) in [5.41, 5.74) is 4.90. The standard InChI is InChI=1S/C22H19N7O2S/c30-20(10-15-11-32-22-25-18-3-1-2-16(18)21(31)29(15)22)24-14-6-4-13(5-7-14)17-8-9-19-26-23-12-28(19)27-17/h4-9,12,15H,1-3,10-11H2,(H,24,30). The fraction of sp³-hybridized carbons (Fsp3) is 0.273. The number of nitrogens with one attached hydrogen (secondary N) is 1. The molecule has 160 valence electrons. The van der Waals surface area contributed by atoms with E-state index < -0.39 is 0 Å². The van der Waals surface area contributed by atoms with Crippen molar-refractivity contribution in [1.29, 1.82) is 0 Å². The summed E-state index contributed by atoms with van der Waals surface area (Å²) in [6, 6.07) is 11.1. The van der Waals surface area contributed by atoms with Crippen molar-refractivity contribution in [3.8, 4) is 11.3 Å². The summed E-state index contributed by atoms with van der Waals surface area (Å²) >= 11 is 1.56. The van der Waals surface area contributed by atoms with Gasteiger partial charge in [-0.3, -0.25) is 14.2 Å². The minimum Gasteiger partial charge on any atom is -0.326 e. The summed E-state index contributed by atoms with van der Waals surface area (Å²) in [5.74, 6) is 0.571. The second-order valence-corrected chi connectivity index (χ2v) is 8.98. The van der Waals surface area contributed by atoms with Crippen LogP contribution in [0.2, 0.25) is 0 Å². The number of rotatable bonds is 4. The molecule has 32 heavy (non-hydrogen) atoms. The topological polar surface area (TPSA) is 107 Å². The molecule has 1 aliphatic carbocycles. The summed E-state index contributed by atoms with van der Waals surface area (Å²) in [7, 11) is 0. The number of amides is 1. The number of carbonyl (C=O) groups excluding carboxylic acids is 1. The van der Waals surface area contributed by atoms with Crippen molar-refractivity contribution in [2.75, 3.05) is 11.1 Å². The molecule has 1 aliphatic heterocycles. The Kier molecular flexibility index (Phi) is 4.53. The van der Waals surface area contributed by atoms with Gasteiger partial charge in [-0.25, -0.2) is 4.98 Å². The SMILES string of the molecule is O=C(CC1CSc2nc3c(c(=O)n21)CCC3)Nc1ccc(-c2ccc3nncn3n2)cc1. The molecule has 1 N–H and O–H groups in total. The van der Waals surface area contributed by atoms with Crippen LogP contribution in [0.1, 0.15) is 30.1 Å². The van der Waals surface area contributed by atoms with Gasteiger partial charge in [-0.15, -0.1) is 10.2 Å². The minimum atomic E-state index is -0.167. The molecular weight excluding hydrogens is 426 g/mol. The maximum Gasteiger partial charge on any atom is 0.257 e. The molecule has 6 rings (SSSR count). The number of hydrogen-bond donors (Lipinski definition) is 1. The molecule has 0 saturated heterocycles. The Morgan fingerprint density at radius 1 is 1.16 bits per heavy atom. The zero-order valence-corrected chi connectivity index (χ0v) is 17.9. The van der Waals surface area contributed by atoms with Crippen LogP contribution in [0.4, 0.5) is 5.69 Å². The molecule has 1 aromatic carbocycles. The molecule has 0 spiro atoms. The summed E-state index contributed by atoms with van der Waals surface area (Å²) < 4.78 is 3.35. The molecule has 3 aromatic heterocycles. The Morgan fingerprint density at radius 3 is 2.91 bits per heavy atom. The van der Waals surface area contributed by atoms with Crippen molar-refractivity contribution in [2.45, 2.75) is 36.9 Å². The largest absolute Gasteiger partial charge is 0.326 e. The van der Waals surface area contributed by atoms with Gasteiger partial charge in [-0.1, -0.05) is 23.9 Å². The van der Waals surface area contributed by atoms with Crippen LogP contribution in [-0.4, -0.2) is 41.0 Å². The fourth-order valence-electron chi connectivity index (χ4n) is 4.34. The third kappa shape index (κ3) is 3.27. The Bertz CT molecular complexity index is 1410. The highest BCUT2D eigenvalue weighted by atomic mass is 32.2. The van der Waals surface area contributed by atoms with E-state index in [1.54, 1.807) is 27.2 Å². The van der Waals surface area contributed by atoms with Gasteiger partial charge >= 0.3 is 0 Å². The Balaban J connectivity index is 1.16. The van der Waals surface area contributed by atoms with Crippen molar-refractivity contribution in [2.24, 2.45) is 0 Å². The molecule has 4 heterocycles. The average molecular weight is 446 g/mol. The Morgan fingerprint density at radius 2 is 2.03 bits per heavy atom. The van der Waals surface area contributed by atoms with E-state index in [2.05, 4.69) is 25.6 Å². The fourth-order valence-corrected chi connectivity index (χ4v) is 5.49. The molecule has 0 fully saturated rings. The molecule has 10 heteroatoms. The number of aryl methyl sites for hydroxylation is 1. The normalized spacial score (nSPS) is 16.8. The predicted molar refractivity (Wildman–Crippen MR) is 120 cm³/mol. The second kappa shape index (κ2) is 7.56. The lowest BCUT2D eigenvalue weighted by atomic mass is 10.1. The highest BCUT2D eigenvalue weighted by Gasteiger charge is 2.31. The van der Waals surface area contributed by atoms with Crippen molar-refractivity contribution in [1.82, 2.24) is 29.4 Å². The smallest absolute Gasteiger partial charge is 0.257 e. The van der Waals surface area contributed by atoms with Crippen molar-refractivity contribution in [3.63, 3.8) is 0 Å². The molecule has 9 nitrogen and oxygen atoms in total. The molecule has 2 aliphatic rings. The van der Waals surface area contributed by atoms with Crippen molar-refractivity contribution in [3.05, 3.63) is 64.3 Å². The molecule has 4 aromatic rings. The first kappa shape index (κ1) is 19.2. The van der Waals surface area contributed by atoms with Gasteiger partial charge in [0.05, 0.1) is 17.4 Å². The van der Waals surface area contributed by atoms with E-state index in [0.29, 0.717) is 17.1 Å². The van der Waals surface area contributed by atoms with Crippen LogP contribution in [0.3, 0.4) is 0 Å². The lowest BCUT2D eigenvalue weighted by Gasteiger charge is -2.14. The number of thioether (sulfide) groups is 1. The Labute approximate surface area is 186 Å². The molecule has 1 unspecified atom stereocenters. The minimum absolute atomic E-state index is 0.0345. The molecule has 0 saturated carbocycles. The molecule has 0 radical (unpaired) electrons. The summed E-state index contributed by atoms with van der Waals surface area (Å²) in [6.07, 6.45) is 4.45. The van der Waals surface area contributed by atoms with Crippen LogP contribution >= 0.6 is 11.8 Å². The molecule has 0 bridgehead atoms. The lowest BCUT2D eigenvalue weighted by molar-refractivity contribution is -0.116. The van der Waals surface area contributed by atoms with Gasteiger partial charge in [-0.05, 0) is 43.5 Å². The van der Waals surface area contributed by atoms with Gasteiger partial charge in [0.15, 0.2) is 10.8 Å². The van der Waals surface area contributed by atoms with Gasteiger partial charge < -0.3 is 5.32 Å². The van der Waals surface area contributed by atoms with E-state index in [4.69, 9.17) is 0 Å². The number of aromatic nitrogens is 6. The van der Waals surface area contributed by atoms with Gasteiger partial charge in [-0.2, -0.15) is 9.61 Å². The highest BCUT2D eigenvalue weighted by Crippen LogP contribution is 2.34. The monoisotopic (exact) mass is 445 g/mol. The molecule has 1 atom stereocenters. The van der Waals surface area contributed by atoms with Crippen LogP contribution in [0.25, 0.3) is 16.9 Å². The van der Waals surface area contributed by atoms with E-state index in [-0.39, 0.29) is 23.9 Å². The number of carbonyl (C=O) groups is 1. The van der Waals surface area contributed by atoms with E-state index >= 15 is 0 Å². The zero-order chi connectivity index (χ0) is 21.7. The number of benzene rings is 1. The van der Waals surface area contributed by atoms with Gasteiger partial charge in [0.25, 0.3) is 5.56 Å². The van der Waals surface area contributed by atoms with Crippen LogP contribution in [0.15, 0.2) is 52.7 Å². The number of anilines is 1. The Hall–Kier alpha value is -3.53. The van der Waals surface area contributed by atoms with Crippen LogP contribution in [0.5, 0.6) is 0 Å². The predicted octanol–water partition coefficient (Wildman–Crippen LogP) is 2.51. The maximum absolute atomic E-state index is 12.9. The van der Waals surface area contributed by atoms with Crippen LogP contribution in [0, 0.1) is 0 Å². The van der Waals surface area contributed by atoms with Crippen molar-refractivity contribution >= 4 is 29.0 Å². The number of nitrogens with zero attached hydrogens (tertiary/aromatic N) is 6. The van der Waals surface area contributed by atoms with E-state index in [1.165, 1.54) is 0 Å². The third-order valence-electron chi connectivity index (χ3n) is 5.92. The van der Waals surface area contributed by atoms with Crippen molar-refractivity contribution < 1.29 is 4.79 Å². The summed E-state index contributed by atoms with van der Waals surface area (Å²) in [5, 5.41) is 16.0. The van der Waals surface area contributed by atoms with Crippen LogP contribution < -0.4 is 10.9 Å². The van der Waals surface area contributed by atoms with Gasteiger partial charge in [0.1, 0.15) is 6.33 Å². The first-order valence-electron chi connectivity index (χ1n) is 10.5. The maximum atomic E-state index is 12.9. The quantitative estimate of drug-likeness (QED) is 0.481.